The molecule has 1 aliphatic rings. The van der Waals surface area contributed by atoms with E-state index in [0.29, 0.717) is 17.9 Å². The first-order valence-electron chi connectivity index (χ1n) is 7.18. The Kier molecular flexibility index (Phi) is 4.70. The summed E-state index contributed by atoms with van der Waals surface area (Å²) in [5, 5.41) is 0.906. The average molecular weight is 278 g/mol. The molecule has 1 aromatic carbocycles. The fourth-order valence-corrected chi connectivity index (χ4v) is 3.24. The molecule has 0 aromatic heterocycles. The van der Waals surface area contributed by atoms with Crippen LogP contribution >= 0.6 is 11.6 Å². The fourth-order valence-electron chi connectivity index (χ4n) is 2.89. The van der Waals surface area contributed by atoms with Gasteiger partial charge in [-0.05, 0) is 54.2 Å². The first-order valence-corrected chi connectivity index (χ1v) is 7.56. The van der Waals surface area contributed by atoms with Crippen molar-refractivity contribution in [3.8, 4) is 0 Å². The van der Waals surface area contributed by atoms with Crippen molar-refractivity contribution in [1.82, 2.24) is 0 Å². The number of nitrogens with two attached hydrogens (primary N) is 1. The molecule has 19 heavy (non-hydrogen) atoms. The molecule has 0 radical (unpaired) electrons. The monoisotopic (exact) mass is 277 g/mol. The Morgan fingerprint density at radius 1 is 1.32 bits per heavy atom. The predicted molar refractivity (Wildman–Crippen MR) is 84.5 cm³/mol. The summed E-state index contributed by atoms with van der Waals surface area (Å²) in [6.45, 7) is 5.30. The molecule has 0 atom stereocenters. The van der Waals surface area contributed by atoms with Crippen LogP contribution in [-0.2, 0) is 0 Å². The number of hydrogen-bond acceptors (Lipinski definition) is 1. The Morgan fingerprint density at radius 3 is 2.58 bits per heavy atom. The van der Waals surface area contributed by atoms with Gasteiger partial charge in [0.05, 0.1) is 0 Å². The molecule has 2 heteroatoms. The summed E-state index contributed by atoms with van der Waals surface area (Å²) in [7, 11) is 0. The third kappa shape index (κ3) is 3.84. The largest absolute Gasteiger partial charge is 0.327 e. The van der Waals surface area contributed by atoms with Gasteiger partial charge >= 0.3 is 0 Å². The molecule has 0 bridgehead atoms. The van der Waals surface area contributed by atoms with Crippen molar-refractivity contribution < 1.29 is 0 Å². The summed E-state index contributed by atoms with van der Waals surface area (Å²) in [4.78, 5) is 0. The lowest BCUT2D eigenvalue weighted by atomic mass is 9.71. The Hall–Kier alpha value is -0.790. The highest BCUT2D eigenvalue weighted by molar-refractivity contribution is 6.31. The van der Waals surface area contributed by atoms with Crippen molar-refractivity contribution >= 4 is 17.7 Å². The van der Waals surface area contributed by atoms with E-state index in [-0.39, 0.29) is 0 Å². The van der Waals surface area contributed by atoms with E-state index in [1.807, 2.05) is 12.2 Å². The van der Waals surface area contributed by atoms with Gasteiger partial charge in [-0.25, -0.2) is 0 Å². The lowest BCUT2D eigenvalue weighted by Gasteiger charge is -2.34. The zero-order valence-corrected chi connectivity index (χ0v) is 12.7. The molecule has 1 nitrogen and oxygen atoms in total. The van der Waals surface area contributed by atoms with Crippen molar-refractivity contribution in [2.75, 3.05) is 6.54 Å². The van der Waals surface area contributed by atoms with Crippen molar-refractivity contribution in [3.05, 3.63) is 40.4 Å². The summed E-state index contributed by atoms with van der Waals surface area (Å²) in [6.07, 6.45) is 9.08. The van der Waals surface area contributed by atoms with Gasteiger partial charge in [0.15, 0.2) is 0 Å². The second-order valence-corrected chi connectivity index (χ2v) is 6.76. The summed E-state index contributed by atoms with van der Waals surface area (Å²) in [5.41, 5.74) is 8.43. The minimum absolute atomic E-state index is 0.507. The summed E-state index contributed by atoms with van der Waals surface area (Å²) >= 11 is 6.45. The number of benzene rings is 1. The van der Waals surface area contributed by atoms with Crippen LogP contribution in [0.2, 0.25) is 5.02 Å². The molecule has 1 aromatic rings. The van der Waals surface area contributed by atoms with E-state index in [9.17, 15) is 0 Å². The van der Waals surface area contributed by atoms with Gasteiger partial charge in [0.1, 0.15) is 0 Å². The van der Waals surface area contributed by atoms with E-state index < -0.39 is 0 Å². The summed E-state index contributed by atoms with van der Waals surface area (Å²) < 4.78 is 0. The molecule has 0 saturated heterocycles. The first kappa shape index (κ1) is 14.6. The highest BCUT2D eigenvalue weighted by Gasteiger charge is 2.28. The highest BCUT2D eigenvalue weighted by atomic mass is 35.5. The molecule has 0 aliphatic heterocycles. The van der Waals surface area contributed by atoms with Gasteiger partial charge in [0, 0.05) is 11.6 Å². The Bertz CT molecular complexity index is 452. The molecule has 104 valence electrons. The topological polar surface area (TPSA) is 26.0 Å². The molecular weight excluding hydrogens is 254 g/mol. The predicted octanol–water partition coefficient (Wildman–Crippen LogP) is 5.00. The molecule has 1 saturated carbocycles. The molecule has 1 aliphatic carbocycles. The van der Waals surface area contributed by atoms with Crippen LogP contribution in [0.1, 0.15) is 56.6 Å². The molecule has 0 amide bonds. The molecule has 0 spiro atoms. The third-order valence-electron chi connectivity index (χ3n) is 4.25. The zero-order valence-electron chi connectivity index (χ0n) is 12.0. The van der Waals surface area contributed by atoms with Crippen LogP contribution in [0.25, 0.3) is 6.08 Å². The van der Waals surface area contributed by atoms with Crippen LogP contribution in [0.3, 0.4) is 0 Å². The van der Waals surface area contributed by atoms with Gasteiger partial charge in [-0.15, -0.1) is 0 Å². The third-order valence-corrected chi connectivity index (χ3v) is 4.58. The van der Waals surface area contributed by atoms with E-state index in [1.165, 1.54) is 31.2 Å². The molecular formula is C17H24ClN. The standard InChI is InChI=1S/C17H24ClN/c1-17(2)9-7-14(8-10-17)15-6-5-13(4-3-11-19)12-16(15)18/h3-6,12,14H,7-11,19H2,1-2H3/b4-3+. The van der Waals surface area contributed by atoms with E-state index in [1.54, 1.807) is 0 Å². The lowest BCUT2D eigenvalue weighted by molar-refractivity contribution is 0.224. The Balaban J connectivity index is 2.11. The van der Waals surface area contributed by atoms with Gasteiger partial charge in [0.2, 0.25) is 0 Å². The first-order chi connectivity index (χ1) is 9.02. The van der Waals surface area contributed by atoms with Gasteiger partial charge < -0.3 is 5.73 Å². The van der Waals surface area contributed by atoms with E-state index >= 15 is 0 Å². The molecule has 2 rings (SSSR count). The van der Waals surface area contributed by atoms with Crippen LogP contribution in [0.5, 0.6) is 0 Å². The second kappa shape index (κ2) is 6.11. The maximum Gasteiger partial charge on any atom is 0.0446 e. The normalized spacial score (nSPS) is 20.0. The quantitative estimate of drug-likeness (QED) is 0.827. The second-order valence-electron chi connectivity index (χ2n) is 6.36. The van der Waals surface area contributed by atoms with Crippen molar-refractivity contribution in [2.24, 2.45) is 11.1 Å². The molecule has 0 unspecified atom stereocenters. The van der Waals surface area contributed by atoms with E-state index in [4.69, 9.17) is 17.3 Å². The summed E-state index contributed by atoms with van der Waals surface area (Å²) in [6, 6.07) is 6.40. The minimum atomic E-state index is 0.507. The number of rotatable bonds is 3. The van der Waals surface area contributed by atoms with Gasteiger partial charge in [-0.3, -0.25) is 0 Å². The highest BCUT2D eigenvalue weighted by Crippen LogP contribution is 2.44. The Labute approximate surface area is 121 Å². The molecule has 1 fully saturated rings. The van der Waals surface area contributed by atoms with E-state index in [2.05, 4.69) is 32.0 Å². The molecule has 0 heterocycles. The van der Waals surface area contributed by atoms with Gasteiger partial charge in [-0.2, -0.15) is 0 Å². The lowest BCUT2D eigenvalue weighted by Crippen LogP contribution is -2.20. The fraction of sp³-hybridized carbons (Fsp3) is 0.529. The van der Waals surface area contributed by atoms with Crippen LogP contribution < -0.4 is 5.73 Å². The van der Waals surface area contributed by atoms with Gasteiger partial charge in [0.25, 0.3) is 0 Å². The van der Waals surface area contributed by atoms with Crippen molar-refractivity contribution in [1.29, 1.82) is 0 Å². The van der Waals surface area contributed by atoms with Crippen LogP contribution in [0, 0.1) is 5.41 Å². The zero-order chi connectivity index (χ0) is 13.9. The maximum absolute atomic E-state index is 6.45. The van der Waals surface area contributed by atoms with Gasteiger partial charge in [-0.1, -0.05) is 49.7 Å². The molecule has 2 N–H and O–H groups in total. The van der Waals surface area contributed by atoms with Crippen molar-refractivity contribution in [3.63, 3.8) is 0 Å². The Morgan fingerprint density at radius 2 is 2.00 bits per heavy atom. The minimum Gasteiger partial charge on any atom is -0.327 e. The van der Waals surface area contributed by atoms with Crippen LogP contribution in [-0.4, -0.2) is 6.54 Å². The van der Waals surface area contributed by atoms with Crippen LogP contribution in [0.15, 0.2) is 24.3 Å². The smallest absolute Gasteiger partial charge is 0.0446 e. The SMILES string of the molecule is CC1(C)CCC(c2ccc(/C=C/CN)cc2Cl)CC1. The summed E-state index contributed by atoms with van der Waals surface area (Å²) in [5.74, 6) is 0.632. The van der Waals surface area contributed by atoms with Crippen LogP contribution in [0.4, 0.5) is 0 Å². The number of hydrogen-bond donors (Lipinski definition) is 1. The average Bonchev–Trinajstić information content (AvgIpc) is 2.37. The number of halogens is 1. The van der Waals surface area contributed by atoms with E-state index in [0.717, 1.165) is 10.6 Å². The van der Waals surface area contributed by atoms with Crippen molar-refractivity contribution in [2.45, 2.75) is 45.4 Å². The maximum atomic E-state index is 6.45.